The van der Waals surface area contributed by atoms with Gasteiger partial charge in [-0.15, -0.1) is 0 Å². The second-order valence-electron chi connectivity index (χ2n) is 12.8. The summed E-state index contributed by atoms with van der Waals surface area (Å²) >= 11 is 0. The Labute approximate surface area is 289 Å². The van der Waals surface area contributed by atoms with E-state index in [-0.39, 0.29) is 11.7 Å². The predicted molar refractivity (Wildman–Crippen MR) is 203 cm³/mol. The van der Waals surface area contributed by atoms with E-state index in [1.807, 2.05) is 36.5 Å². The van der Waals surface area contributed by atoms with Gasteiger partial charge in [0.05, 0.1) is 11.4 Å². The van der Waals surface area contributed by atoms with Crippen LogP contribution in [0.25, 0.3) is 33.6 Å². The number of para-hydroxylation sites is 2. The Balaban J connectivity index is 1.41. The number of aromatic nitrogens is 2. The molecule has 4 heteroatoms. The van der Waals surface area contributed by atoms with Gasteiger partial charge in [0, 0.05) is 28.7 Å². The lowest BCUT2D eigenvalue weighted by molar-refractivity contribution is 0.477. The molecule has 0 atom stereocenters. The van der Waals surface area contributed by atoms with Crippen molar-refractivity contribution in [1.82, 2.24) is 9.97 Å². The van der Waals surface area contributed by atoms with Crippen LogP contribution < -0.4 is 4.90 Å². The van der Waals surface area contributed by atoms with Crippen LogP contribution in [0.3, 0.4) is 0 Å². The normalized spacial score (nSPS) is 11.1. The van der Waals surface area contributed by atoms with Crippen LogP contribution in [0.1, 0.15) is 42.0 Å². The number of aromatic hydroxyl groups is 1. The van der Waals surface area contributed by atoms with Crippen molar-refractivity contribution in [2.75, 3.05) is 4.90 Å². The van der Waals surface area contributed by atoms with Gasteiger partial charge in [0.1, 0.15) is 11.6 Å². The number of benzene rings is 5. The highest BCUT2D eigenvalue weighted by Crippen LogP contribution is 2.39. The van der Waals surface area contributed by atoms with Gasteiger partial charge < -0.3 is 5.11 Å². The molecule has 2 aromatic heterocycles. The fourth-order valence-corrected chi connectivity index (χ4v) is 6.19. The van der Waals surface area contributed by atoms with Crippen LogP contribution in [0.4, 0.5) is 17.2 Å². The summed E-state index contributed by atoms with van der Waals surface area (Å²) in [5, 5.41) is 10.9. The lowest BCUT2D eigenvalue weighted by Crippen LogP contribution is -2.12. The Morgan fingerprint density at radius 2 is 1.29 bits per heavy atom. The maximum Gasteiger partial charge on any atom is 0.138 e. The molecule has 0 spiro atoms. The highest BCUT2D eigenvalue weighted by Gasteiger charge is 2.19. The second-order valence-corrected chi connectivity index (χ2v) is 12.8. The first-order chi connectivity index (χ1) is 23.9. The minimum atomic E-state index is 0.213. The molecule has 0 saturated heterocycles. The standard InChI is InChI=1S/C45H39N3O/c1-31(2)37-27-38(42-25-34(24-33-20-18-32(3)19-21-33)26-43(47-42)41-16-10-11-17-44(41)49)29-40(28-37)48(39-14-8-5-9-15-39)45-30-36(22-23-46-45)35-12-6-4-7-13-35/h4-23,25-31,49H,24H2,1-3H3. The first-order valence-corrected chi connectivity index (χ1v) is 16.8. The number of phenolic OH excluding ortho intramolecular Hbond substituents is 1. The second kappa shape index (κ2) is 14.0. The van der Waals surface area contributed by atoms with Gasteiger partial charge in [-0.25, -0.2) is 9.97 Å². The number of hydrogen-bond acceptors (Lipinski definition) is 4. The Morgan fingerprint density at radius 3 is 2.02 bits per heavy atom. The van der Waals surface area contributed by atoms with Gasteiger partial charge in [-0.1, -0.05) is 104 Å². The number of phenols is 1. The van der Waals surface area contributed by atoms with Gasteiger partial charge in [0.25, 0.3) is 0 Å². The number of rotatable bonds is 9. The van der Waals surface area contributed by atoms with E-state index in [1.54, 1.807) is 6.07 Å². The molecule has 49 heavy (non-hydrogen) atoms. The van der Waals surface area contributed by atoms with Gasteiger partial charge in [-0.05, 0) is 114 Å². The summed E-state index contributed by atoms with van der Waals surface area (Å²) in [5.74, 6) is 1.31. The van der Waals surface area contributed by atoms with E-state index < -0.39 is 0 Å². The monoisotopic (exact) mass is 637 g/mol. The summed E-state index contributed by atoms with van der Waals surface area (Å²) in [7, 11) is 0. The van der Waals surface area contributed by atoms with Gasteiger partial charge in [0.2, 0.25) is 0 Å². The molecule has 240 valence electrons. The number of hydrogen-bond donors (Lipinski definition) is 1. The lowest BCUT2D eigenvalue weighted by atomic mass is 9.95. The van der Waals surface area contributed by atoms with Crippen molar-refractivity contribution in [2.24, 2.45) is 0 Å². The number of anilines is 3. The van der Waals surface area contributed by atoms with E-state index >= 15 is 0 Å². The van der Waals surface area contributed by atoms with Crippen LogP contribution in [-0.2, 0) is 6.42 Å². The predicted octanol–water partition coefficient (Wildman–Crippen LogP) is 11.7. The van der Waals surface area contributed by atoms with Crippen molar-refractivity contribution in [3.8, 4) is 39.4 Å². The lowest BCUT2D eigenvalue weighted by Gasteiger charge is -2.26. The van der Waals surface area contributed by atoms with Crippen molar-refractivity contribution >= 4 is 17.2 Å². The molecule has 7 aromatic rings. The van der Waals surface area contributed by atoms with E-state index in [9.17, 15) is 5.11 Å². The SMILES string of the molecule is Cc1ccc(Cc2cc(-c3cc(C(C)C)cc(N(c4ccccc4)c4cc(-c5ccccc5)ccn4)c3)nc(-c3ccccc3O)c2)cc1. The molecule has 2 heterocycles. The maximum absolute atomic E-state index is 10.9. The zero-order valence-corrected chi connectivity index (χ0v) is 28.1. The Bertz CT molecular complexity index is 2190. The molecule has 0 saturated carbocycles. The molecular formula is C45H39N3O. The van der Waals surface area contributed by atoms with E-state index in [0.717, 1.165) is 57.3 Å². The topological polar surface area (TPSA) is 49.2 Å². The Morgan fingerprint density at radius 1 is 0.592 bits per heavy atom. The maximum atomic E-state index is 10.9. The molecule has 0 aliphatic heterocycles. The highest BCUT2D eigenvalue weighted by atomic mass is 16.3. The van der Waals surface area contributed by atoms with Crippen molar-refractivity contribution in [1.29, 1.82) is 0 Å². The first-order valence-electron chi connectivity index (χ1n) is 16.8. The average molecular weight is 638 g/mol. The van der Waals surface area contributed by atoms with Crippen molar-refractivity contribution in [3.63, 3.8) is 0 Å². The molecule has 0 aliphatic carbocycles. The van der Waals surface area contributed by atoms with Crippen molar-refractivity contribution < 1.29 is 5.11 Å². The zero-order chi connectivity index (χ0) is 33.7. The van der Waals surface area contributed by atoms with E-state index in [1.165, 1.54) is 16.7 Å². The van der Waals surface area contributed by atoms with Crippen LogP contribution in [0.15, 0.2) is 158 Å². The Kier molecular flexibility index (Phi) is 9.03. The zero-order valence-electron chi connectivity index (χ0n) is 28.1. The summed E-state index contributed by atoms with van der Waals surface area (Å²) in [5.41, 5.74) is 12.3. The molecule has 0 bridgehead atoms. The summed E-state index contributed by atoms with van der Waals surface area (Å²) in [6, 6.07) is 52.1. The number of nitrogens with zero attached hydrogens (tertiary/aromatic N) is 3. The molecular weight excluding hydrogens is 599 g/mol. The average Bonchev–Trinajstić information content (AvgIpc) is 3.13. The van der Waals surface area contributed by atoms with E-state index in [4.69, 9.17) is 9.97 Å². The number of aryl methyl sites for hydroxylation is 1. The van der Waals surface area contributed by atoms with Crippen LogP contribution in [0, 0.1) is 6.92 Å². The molecule has 7 rings (SSSR count). The van der Waals surface area contributed by atoms with Crippen LogP contribution in [0.5, 0.6) is 5.75 Å². The van der Waals surface area contributed by atoms with Crippen molar-refractivity contribution in [3.05, 3.63) is 180 Å². The van der Waals surface area contributed by atoms with Crippen LogP contribution in [0.2, 0.25) is 0 Å². The number of pyridine rings is 2. The third-order valence-electron chi connectivity index (χ3n) is 8.85. The largest absolute Gasteiger partial charge is 0.507 e. The molecule has 5 aromatic carbocycles. The third-order valence-corrected chi connectivity index (χ3v) is 8.85. The van der Waals surface area contributed by atoms with Crippen molar-refractivity contribution in [2.45, 2.75) is 33.1 Å². The summed E-state index contributed by atoms with van der Waals surface area (Å²) in [6.45, 7) is 6.55. The molecule has 0 amide bonds. The van der Waals surface area contributed by atoms with Gasteiger partial charge >= 0.3 is 0 Å². The summed E-state index contributed by atoms with van der Waals surface area (Å²) in [6.07, 6.45) is 2.63. The van der Waals surface area contributed by atoms with E-state index in [0.29, 0.717) is 5.56 Å². The molecule has 0 unspecified atom stereocenters. The van der Waals surface area contributed by atoms with Gasteiger partial charge in [-0.3, -0.25) is 4.90 Å². The van der Waals surface area contributed by atoms with Gasteiger partial charge in [0.15, 0.2) is 0 Å². The fourth-order valence-electron chi connectivity index (χ4n) is 6.19. The third kappa shape index (κ3) is 7.14. The summed E-state index contributed by atoms with van der Waals surface area (Å²) < 4.78 is 0. The molecule has 0 radical (unpaired) electrons. The quantitative estimate of drug-likeness (QED) is 0.171. The molecule has 4 nitrogen and oxygen atoms in total. The van der Waals surface area contributed by atoms with E-state index in [2.05, 4.69) is 141 Å². The fraction of sp³-hybridized carbons (Fsp3) is 0.111. The van der Waals surface area contributed by atoms with Crippen LogP contribution >= 0.6 is 0 Å². The molecule has 0 aliphatic rings. The smallest absolute Gasteiger partial charge is 0.138 e. The minimum Gasteiger partial charge on any atom is -0.507 e. The summed E-state index contributed by atoms with van der Waals surface area (Å²) in [4.78, 5) is 12.3. The van der Waals surface area contributed by atoms with Gasteiger partial charge in [-0.2, -0.15) is 0 Å². The highest BCUT2D eigenvalue weighted by molar-refractivity contribution is 5.81. The molecule has 1 N–H and O–H groups in total. The Hall–Kier alpha value is -6.00. The first kappa shape index (κ1) is 31.6. The minimum absolute atomic E-state index is 0.213. The molecule has 0 fully saturated rings. The van der Waals surface area contributed by atoms with Crippen LogP contribution in [-0.4, -0.2) is 15.1 Å².